The van der Waals surface area contributed by atoms with Gasteiger partial charge < -0.3 is 10.1 Å². The van der Waals surface area contributed by atoms with Crippen LogP contribution in [0.2, 0.25) is 0 Å². The van der Waals surface area contributed by atoms with Gasteiger partial charge in [-0.2, -0.15) is 0 Å². The maximum absolute atomic E-state index is 12.4. The van der Waals surface area contributed by atoms with Gasteiger partial charge in [0, 0.05) is 16.6 Å². The Morgan fingerprint density at radius 1 is 1.17 bits per heavy atom. The summed E-state index contributed by atoms with van der Waals surface area (Å²) in [5.41, 5.74) is 2.58. The highest BCUT2D eigenvalue weighted by Gasteiger charge is 2.17. The fraction of sp³-hybridized carbons (Fsp3) is 0.316. The van der Waals surface area contributed by atoms with E-state index in [9.17, 15) is 4.79 Å². The lowest BCUT2D eigenvalue weighted by Gasteiger charge is -2.15. The Hall–Kier alpha value is -1.81. The Bertz CT molecular complexity index is 669. The predicted molar refractivity (Wildman–Crippen MR) is 96.8 cm³/mol. The van der Waals surface area contributed by atoms with E-state index in [0.717, 1.165) is 21.3 Å². The van der Waals surface area contributed by atoms with Gasteiger partial charge in [-0.3, -0.25) is 4.79 Å². The third-order valence-electron chi connectivity index (χ3n) is 3.50. The van der Waals surface area contributed by atoms with Gasteiger partial charge in [0.2, 0.25) is 0 Å². The molecule has 0 aliphatic rings. The average molecular weight is 376 g/mol. The van der Waals surface area contributed by atoms with Crippen LogP contribution in [-0.4, -0.2) is 12.5 Å². The highest BCUT2D eigenvalue weighted by Crippen LogP contribution is 2.29. The van der Waals surface area contributed by atoms with Crippen molar-refractivity contribution >= 4 is 21.8 Å². The van der Waals surface area contributed by atoms with Crippen molar-refractivity contribution < 1.29 is 9.53 Å². The zero-order valence-corrected chi connectivity index (χ0v) is 15.3. The monoisotopic (exact) mass is 375 g/mol. The smallest absolute Gasteiger partial charge is 0.252 e. The van der Waals surface area contributed by atoms with Gasteiger partial charge in [0.25, 0.3) is 5.91 Å². The van der Waals surface area contributed by atoms with Crippen molar-refractivity contribution in [1.29, 1.82) is 0 Å². The molecule has 0 spiro atoms. The van der Waals surface area contributed by atoms with E-state index in [-0.39, 0.29) is 5.91 Å². The minimum atomic E-state index is -0.0757. The molecule has 0 unspecified atom stereocenters. The molecule has 0 radical (unpaired) electrons. The van der Waals surface area contributed by atoms with E-state index in [2.05, 4.69) is 35.1 Å². The molecule has 0 aliphatic heterocycles. The molecule has 3 nitrogen and oxygen atoms in total. The van der Waals surface area contributed by atoms with Gasteiger partial charge in [0.1, 0.15) is 12.4 Å². The third kappa shape index (κ3) is 4.83. The predicted octanol–water partition coefficient (Wildman–Crippen LogP) is 4.72. The Balaban J connectivity index is 2.16. The minimum absolute atomic E-state index is 0.0757. The average Bonchev–Trinajstić information content (AvgIpc) is 2.53. The number of ether oxygens (including phenoxy) is 1. The number of rotatable bonds is 6. The van der Waals surface area contributed by atoms with E-state index >= 15 is 0 Å². The Morgan fingerprint density at radius 3 is 2.52 bits per heavy atom. The normalized spacial score (nSPS) is 10.7. The van der Waals surface area contributed by atoms with Gasteiger partial charge >= 0.3 is 0 Å². The molecule has 0 saturated carbocycles. The molecular formula is C19H22BrNO2. The van der Waals surface area contributed by atoms with Crippen molar-refractivity contribution in [2.45, 2.75) is 27.4 Å². The molecule has 4 heteroatoms. The van der Waals surface area contributed by atoms with Crippen molar-refractivity contribution in [3.8, 4) is 5.75 Å². The highest BCUT2D eigenvalue weighted by molar-refractivity contribution is 9.10. The van der Waals surface area contributed by atoms with Crippen molar-refractivity contribution in [3.63, 3.8) is 0 Å². The van der Waals surface area contributed by atoms with E-state index in [1.165, 1.54) is 0 Å². The molecule has 0 bridgehead atoms. The lowest BCUT2D eigenvalue weighted by atomic mass is 10.1. The molecule has 23 heavy (non-hydrogen) atoms. The van der Waals surface area contributed by atoms with Gasteiger partial charge in [-0.25, -0.2) is 0 Å². The molecule has 0 atom stereocenters. The third-order valence-corrected chi connectivity index (χ3v) is 4.16. The van der Waals surface area contributed by atoms with Gasteiger partial charge in [0.15, 0.2) is 0 Å². The number of hydrogen-bond acceptors (Lipinski definition) is 2. The first-order valence-corrected chi connectivity index (χ1v) is 8.52. The first-order chi connectivity index (χ1) is 11.0. The Morgan fingerprint density at radius 2 is 1.87 bits per heavy atom. The van der Waals surface area contributed by atoms with Crippen molar-refractivity contribution in [1.82, 2.24) is 5.32 Å². The molecular weight excluding hydrogens is 354 g/mol. The van der Waals surface area contributed by atoms with Crippen molar-refractivity contribution in [3.05, 3.63) is 63.6 Å². The van der Waals surface area contributed by atoms with Crippen LogP contribution in [0.3, 0.4) is 0 Å². The lowest BCUT2D eigenvalue weighted by Crippen LogP contribution is -2.28. The van der Waals surface area contributed by atoms with Gasteiger partial charge in [-0.1, -0.05) is 44.2 Å². The number of benzene rings is 2. The quantitative estimate of drug-likeness (QED) is 0.792. The first kappa shape index (κ1) is 17.5. The first-order valence-electron chi connectivity index (χ1n) is 7.73. The van der Waals surface area contributed by atoms with Gasteiger partial charge in [-0.15, -0.1) is 0 Å². The van der Waals surface area contributed by atoms with Crippen molar-refractivity contribution in [2.24, 2.45) is 5.92 Å². The SMILES string of the molecule is Cc1c(OCc2ccccc2)ccc(Br)c1C(=O)NCC(C)C. The molecule has 2 aromatic rings. The zero-order chi connectivity index (χ0) is 16.8. The molecule has 2 aromatic carbocycles. The van der Waals surface area contributed by atoms with Crippen molar-refractivity contribution in [2.75, 3.05) is 6.54 Å². The largest absolute Gasteiger partial charge is 0.489 e. The molecule has 0 aromatic heterocycles. The van der Waals surface area contributed by atoms with Crippen LogP contribution in [0.25, 0.3) is 0 Å². The minimum Gasteiger partial charge on any atom is -0.489 e. The summed E-state index contributed by atoms with van der Waals surface area (Å²) in [4.78, 5) is 12.4. The maximum Gasteiger partial charge on any atom is 0.252 e. The summed E-state index contributed by atoms with van der Waals surface area (Å²) in [5, 5.41) is 2.96. The topological polar surface area (TPSA) is 38.3 Å². The van der Waals surface area contributed by atoms with E-state index in [1.54, 1.807) is 0 Å². The molecule has 0 fully saturated rings. The number of carbonyl (C=O) groups excluding carboxylic acids is 1. The second-order valence-electron chi connectivity index (χ2n) is 5.92. The van der Waals surface area contributed by atoms with Crippen LogP contribution in [0.4, 0.5) is 0 Å². The van der Waals surface area contributed by atoms with E-state index in [1.807, 2.05) is 49.4 Å². The zero-order valence-electron chi connectivity index (χ0n) is 13.7. The highest BCUT2D eigenvalue weighted by atomic mass is 79.9. The van der Waals surface area contributed by atoms with Crippen LogP contribution < -0.4 is 10.1 Å². The maximum atomic E-state index is 12.4. The molecule has 1 N–H and O–H groups in total. The number of halogens is 1. The van der Waals surface area contributed by atoms with Crippen LogP contribution in [0.1, 0.15) is 35.3 Å². The fourth-order valence-corrected chi connectivity index (χ4v) is 2.82. The lowest BCUT2D eigenvalue weighted by molar-refractivity contribution is 0.0947. The summed E-state index contributed by atoms with van der Waals surface area (Å²) >= 11 is 3.47. The Kier molecular flexibility index (Phi) is 6.22. The number of nitrogens with one attached hydrogen (secondary N) is 1. The second kappa shape index (κ2) is 8.16. The number of amides is 1. The van der Waals surface area contributed by atoms with Crippen LogP contribution in [0.5, 0.6) is 5.75 Å². The summed E-state index contributed by atoms with van der Waals surface area (Å²) in [6.45, 7) is 7.19. The molecule has 0 aliphatic carbocycles. The van der Waals surface area contributed by atoms with E-state index < -0.39 is 0 Å². The summed E-state index contributed by atoms with van der Waals surface area (Å²) in [5.74, 6) is 1.07. The van der Waals surface area contributed by atoms with Crippen LogP contribution in [0.15, 0.2) is 46.9 Å². The fourth-order valence-electron chi connectivity index (χ4n) is 2.22. The van der Waals surface area contributed by atoms with E-state index in [0.29, 0.717) is 24.6 Å². The van der Waals surface area contributed by atoms with Gasteiger partial charge in [-0.05, 0) is 46.5 Å². The number of carbonyl (C=O) groups is 1. The summed E-state index contributed by atoms with van der Waals surface area (Å²) in [6, 6.07) is 13.7. The molecule has 0 saturated heterocycles. The Labute approximate surface area is 146 Å². The standard InChI is InChI=1S/C19H22BrNO2/c1-13(2)11-21-19(22)18-14(3)17(10-9-16(18)20)23-12-15-7-5-4-6-8-15/h4-10,13H,11-12H2,1-3H3,(H,21,22). The molecule has 2 rings (SSSR count). The molecule has 0 heterocycles. The number of hydrogen-bond donors (Lipinski definition) is 1. The summed E-state index contributed by atoms with van der Waals surface area (Å²) < 4.78 is 6.67. The van der Waals surface area contributed by atoms with E-state index in [4.69, 9.17) is 4.74 Å². The van der Waals surface area contributed by atoms with Crippen LogP contribution in [0, 0.1) is 12.8 Å². The molecule has 1 amide bonds. The summed E-state index contributed by atoms with van der Waals surface area (Å²) in [7, 11) is 0. The molecule has 122 valence electrons. The summed E-state index contributed by atoms with van der Waals surface area (Å²) in [6.07, 6.45) is 0. The van der Waals surface area contributed by atoms with Crippen LogP contribution >= 0.6 is 15.9 Å². The second-order valence-corrected chi connectivity index (χ2v) is 6.78. The van der Waals surface area contributed by atoms with Gasteiger partial charge in [0.05, 0.1) is 5.56 Å². The van der Waals surface area contributed by atoms with Crippen LogP contribution in [-0.2, 0) is 6.61 Å².